The van der Waals surface area contributed by atoms with Crippen molar-refractivity contribution in [2.24, 2.45) is 0 Å². The van der Waals surface area contributed by atoms with Crippen LogP contribution in [0.3, 0.4) is 0 Å². The number of rotatable bonds is 8. The zero-order chi connectivity index (χ0) is 20.1. The normalized spacial score (nSPS) is 12.4. The van der Waals surface area contributed by atoms with Crippen LogP contribution in [0.5, 0.6) is 11.5 Å². The van der Waals surface area contributed by atoms with Gasteiger partial charge in [-0.3, -0.25) is 0 Å². The zero-order valence-corrected chi connectivity index (χ0v) is 17.0. The lowest BCUT2D eigenvalue weighted by atomic mass is 10.1. The van der Waals surface area contributed by atoms with Crippen molar-refractivity contribution >= 4 is 21.5 Å². The Hall–Kier alpha value is -3.04. The summed E-state index contributed by atoms with van der Waals surface area (Å²) in [7, 11) is 0. The molecule has 0 heterocycles. The van der Waals surface area contributed by atoms with Gasteiger partial charge in [-0.1, -0.05) is 86.6 Å². The van der Waals surface area contributed by atoms with E-state index in [1.807, 2.05) is 48.5 Å². The molecule has 0 spiro atoms. The number of nitrogens with one attached hydrogen (secondary N) is 1. The molecule has 0 aliphatic rings. The van der Waals surface area contributed by atoms with Gasteiger partial charge in [0.25, 0.3) is 0 Å². The molecule has 3 heteroatoms. The second kappa shape index (κ2) is 8.97. The molecule has 3 nitrogen and oxygen atoms in total. The Morgan fingerprint density at radius 1 is 0.690 bits per heavy atom. The molecule has 0 radical (unpaired) electrons. The standard InChI is InChI=1S/C26H27NO2/c1-19(2)27-17-22(29-26-16-8-12-21-10-4-6-14-24(21)26)18-28-25-15-7-11-20-9-3-5-13-23(20)25/h3-16,19,22,27H,17-18H2,1-2H3. The van der Waals surface area contributed by atoms with Crippen molar-refractivity contribution in [2.75, 3.05) is 13.2 Å². The van der Waals surface area contributed by atoms with Crippen LogP contribution in [0.25, 0.3) is 21.5 Å². The molecule has 0 aliphatic carbocycles. The molecule has 148 valence electrons. The minimum absolute atomic E-state index is 0.109. The fraction of sp³-hybridized carbons (Fsp3) is 0.231. The van der Waals surface area contributed by atoms with Crippen molar-refractivity contribution in [3.05, 3.63) is 84.9 Å². The van der Waals surface area contributed by atoms with Crippen LogP contribution < -0.4 is 14.8 Å². The molecular formula is C26H27NO2. The lowest BCUT2D eigenvalue weighted by Gasteiger charge is -2.22. The minimum Gasteiger partial charge on any atom is -0.489 e. The van der Waals surface area contributed by atoms with Gasteiger partial charge < -0.3 is 14.8 Å². The Morgan fingerprint density at radius 3 is 1.90 bits per heavy atom. The second-order valence-corrected chi connectivity index (χ2v) is 7.57. The SMILES string of the molecule is CC(C)NCC(COc1cccc2ccccc12)Oc1cccc2ccccc12. The summed E-state index contributed by atoms with van der Waals surface area (Å²) in [6, 6.07) is 29.3. The summed E-state index contributed by atoms with van der Waals surface area (Å²) in [6.07, 6.45) is -0.109. The highest BCUT2D eigenvalue weighted by Crippen LogP contribution is 2.28. The minimum atomic E-state index is -0.109. The molecule has 4 aromatic carbocycles. The summed E-state index contributed by atoms with van der Waals surface area (Å²) in [6.45, 7) is 5.46. The van der Waals surface area contributed by atoms with Gasteiger partial charge in [-0.15, -0.1) is 0 Å². The van der Waals surface area contributed by atoms with Crippen LogP contribution in [0.4, 0.5) is 0 Å². The third kappa shape index (κ3) is 4.69. The van der Waals surface area contributed by atoms with E-state index in [-0.39, 0.29) is 6.10 Å². The number of benzene rings is 4. The third-order valence-electron chi connectivity index (χ3n) is 4.97. The van der Waals surface area contributed by atoms with Crippen molar-refractivity contribution in [3.8, 4) is 11.5 Å². The van der Waals surface area contributed by atoms with Crippen molar-refractivity contribution in [1.82, 2.24) is 5.32 Å². The molecule has 1 atom stereocenters. The van der Waals surface area contributed by atoms with Gasteiger partial charge in [0.1, 0.15) is 24.2 Å². The Bertz CT molecular complexity index is 1080. The van der Waals surface area contributed by atoms with Gasteiger partial charge in [0.05, 0.1) is 0 Å². The summed E-state index contributed by atoms with van der Waals surface area (Å²) < 4.78 is 12.7. The molecule has 4 aromatic rings. The van der Waals surface area contributed by atoms with Crippen molar-refractivity contribution in [1.29, 1.82) is 0 Å². The van der Waals surface area contributed by atoms with Gasteiger partial charge in [-0.2, -0.15) is 0 Å². The summed E-state index contributed by atoms with van der Waals surface area (Å²) in [5, 5.41) is 8.08. The van der Waals surface area contributed by atoms with E-state index >= 15 is 0 Å². The first-order valence-electron chi connectivity index (χ1n) is 10.2. The van der Waals surface area contributed by atoms with Crippen molar-refractivity contribution in [3.63, 3.8) is 0 Å². The van der Waals surface area contributed by atoms with Crippen molar-refractivity contribution < 1.29 is 9.47 Å². The molecule has 0 bridgehead atoms. The maximum absolute atomic E-state index is 6.42. The maximum atomic E-state index is 6.42. The largest absolute Gasteiger partial charge is 0.489 e. The first-order chi connectivity index (χ1) is 14.2. The van der Waals surface area contributed by atoms with Crippen LogP contribution in [0, 0.1) is 0 Å². The molecule has 0 saturated carbocycles. The summed E-state index contributed by atoms with van der Waals surface area (Å²) in [5.74, 6) is 1.78. The van der Waals surface area contributed by atoms with Gasteiger partial charge in [0.2, 0.25) is 0 Å². The van der Waals surface area contributed by atoms with Gasteiger partial charge >= 0.3 is 0 Å². The Labute approximate surface area is 172 Å². The van der Waals surface area contributed by atoms with E-state index in [0.717, 1.165) is 22.3 Å². The van der Waals surface area contributed by atoms with Crippen LogP contribution in [-0.2, 0) is 0 Å². The Morgan fingerprint density at radius 2 is 1.24 bits per heavy atom. The predicted molar refractivity (Wildman–Crippen MR) is 121 cm³/mol. The van der Waals surface area contributed by atoms with Gasteiger partial charge in [0, 0.05) is 23.4 Å². The van der Waals surface area contributed by atoms with Crippen LogP contribution in [0.15, 0.2) is 84.9 Å². The lowest BCUT2D eigenvalue weighted by Crippen LogP contribution is -2.39. The quantitative estimate of drug-likeness (QED) is 0.415. The Kier molecular flexibility index (Phi) is 5.97. The molecule has 0 amide bonds. The summed E-state index contributed by atoms with van der Waals surface area (Å²) in [4.78, 5) is 0. The average Bonchev–Trinajstić information content (AvgIpc) is 2.75. The lowest BCUT2D eigenvalue weighted by molar-refractivity contribution is 0.127. The highest BCUT2D eigenvalue weighted by Gasteiger charge is 2.15. The Balaban J connectivity index is 1.55. The van der Waals surface area contributed by atoms with Gasteiger partial charge in [-0.05, 0) is 22.9 Å². The molecule has 0 aliphatic heterocycles. The molecule has 0 aromatic heterocycles. The maximum Gasteiger partial charge on any atom is 0.145 e. The number of hydrogen-bond donors (Lipinski definition) is 1. The van der Waals surface area contributed by atoms with Crippen LogP contribution in [0.2, 0.25) is 0 Å². The van der Waals surface area contributed by atoms with E-state index in [2.05, 4.69) is 55.6 Å². The van der Waals surface area contributed by atoms with Gasteiger partial charge in [0.15, 0.2) is 0 Å². The van der Waals surface area contributed by atoms with Crippen LogP contribution in [0.1, 0.15) is 13.8 Å². The highest BCUT2D eigenvalue weighted by atomic mass is 16.5. The molecule has 0 fully saturated rings. The van der Waals surface area contributed by atoms with E-state index in [9.17, 15) is 0 Å². The van der Waals surface area contributed by atoms with Crippen LogP contribution in [-0.4, -0.2) is 25.3 Å². The van der Waals surface area contributed by atoms with Crippen LogP contribution >= 0.6 is 0 Å². The first-order valence-corrected chi connectivity index (χ1v) is 10.2. The number of ether oxygens (including phenoxy) is 2. The monoisotopic (exact) mass is 385 g/mol. The molecule has 0 saturated heterocycles. The molecule has 4 rings (SSSR count). The third-order valence-corrected chi connectivity index (χ3v) is 4.97. The van der Waals surface area contributed by atoms with E-state index < -0.39 is 0 Å². The number of fused-ring (bicyclic) bond motifs is 2. The molecule has 1 unspecified atom stereocenters. The summed E-state index contributed by atoms with van der Waals surface area (Å²) in [5.41, 5.74) is 0. The molecule has 1 N–H and O–H groups in total. The fourth-order valence-electron chi connectivity index (χ4n) is 3.48. The topological polar surface area (TPSA) is 30.5 Å². The van der Waals surface area contributed by atoms with Crippen molar-refractivity contribution in [2.45, 2.75) is 26.0 Å². The van der Waals surface area contributed by atoms with E-state index in [0.29, 0.717) is 19.2 Å². The van der Waals surface area contributed by atoms with E-state index in [1.165, 1.54) is 10.8 Å². The average molecular weight is 386 g/mol. The first kappa shape index (κ1) is 19.3. The number of hydrogen-bond acceptors (Lipinski definition) is 3. The zero-order valence-electron chi connectivity index (χ0n) is 17.0. The molecular weight excluding hydrogens is 358 g/mol. The van der Waals surface area contributed by atoms with E-state index in [4.69, 9.17) is 9.47 Å². The van der Waals surface area contributed by atoms with E-state index in [1.54, 1.807) is 0 Å². The summed E-state index contributed by atoms with van der Waals surface area (Å²) >= 11 is 0. The fourth-order valence-corrected chi connectivity index (χ4v) is 3.48. The second-order valence-electron chi connectivity index (χ2n) is 7.57. The smallest absolute Gasteiger partial charge is 0.145 e. The predicted octanol–water partition coefficient (Wildman–Crippen LogP) is 5.82. The molecule has 29 heavy (non-hydrogen) atoms. The highest BCUT2D eigenvalue weighted by molar-refractivity contribution is 5.89. The van der Waals surface area contributed by atoms with Gasteiger partial charge in [-0.25, -0.2) is 0 Å².